The fraction of sp³-hybridized carbons (Fsp3) is 0.409. The van der Waals surface area contributed by atoms with E-state index in [1.165, 1.54) is 16.7 Å². The van der Waals surface area contributed by atoms with Gasteiger partial charge in [-0.15, -0.1) is 0 Å². The predicted molar refractivity (Wildman–Crippen MR) is 105 cm³/mol. The Morgan fingerprint density at radius 2 is 1.86 bits per heavy atom. The van der Waals surface area contributed by atoms with E-state index in [9.17, 15) is 4.79 Å². The third-order valence-corrected chi connectivity index (χ3v) is 5.43. The normalized spacial score (nSPS) is 14.0. The summed E-state index contributed by atoms with van der Waals surface area (Å²) in [6, 6.07) is 7.34. The highest BCUT2D eigenvalue weighted by Gasteiger charge is 2.26. The average Bonchev–Trinajstić information content (AvgIpc) is 3.38. The van der Waals surface area contributed by atoms with Crippen LogP contribution in [0.25, 0.3) is 0 Å². The van der Waals surface area contributed by atoms with Gasteiger partial charge in [-0.2, -0.15) is 0 Å². The fourth-order valence-corrected chi connectivity index (χ4v) is 3.92. The zero-order chi connectivity index (χ0) is 19.7. The number of rotatable bonds is 6. The van der Waals surface area contributed by atoms with E-state index in [0.717, 1.165) is 30.8 Å². The van der Waals surface area contributed by atoms with Crippen molar-refractivity contribution in [1.82, 2.24) is 4.90 Å². The van der Waals surface area contributed by atoms with Gasteiger partial charge in [-0.1, -0.05) is 0 Å². The highest BCUT2D eigenvalue weighted by atomic mass is 16.5. The Hall–Kier alpha value is -2.89. The molecule has 2 aromatic rings. The van der Waals surface area contributed by atoms with Crippen molar-refractivity contribution in [2.45, 2.75) is 19.3 Å². The van der Waals surface area contributed by atoms with E-state index in [1.807, 2.05) is 7.05 Å². The minimum atomic E-state index is -0.0534. The van der Waals surface area contributed by atoms with Gasteiger partial charge >= 0.3 is 0 Å². The van der Waals surface area contributed by atoms with Crippen LogP contribution in [-0.2, 0) is 19.3 Å². The van der Waals surface area contributed by atoms with Crippen LogP contribution < -0.4 is 18.9 Å². The van der Waals surface area contributed by atoms with E-state index in [2.05, 4.69) is 6.07 Å². The Kier molecular flexibility index (Phi) is 5.03. The van der Waals surface area contributed by atoms with Crippen LogP contribution in [0.5, 0.6) is 23.0 Å². The van der Waals surface area contributed by atoms with Crippen molar-refractivity contribution in [2.24, 2.45) is 0 Å². The molecule has 0 aliphatic carbocycles. The molecule has 0 unspecified atom stereocenters. The predicted octanol–water partition coefficient (Wildman–Crippen LogP) is 2.89. The number of carbonyl (C=O) groups excluding carboxylic acids is 1. The largest absolute Gasteiger partial charge is 0.493 e. The van der Waals surface area contributed by atoms with Gasteiger partial charge in [0.25, 0.3) is 5.91 Å². The average molecular weight is 383 g/mol. The van der Waals surface area contributed by atoms with Crippen LogP contribution in [0.15, 0.2) is 24.3 Å². The summed E-state index contributed by atoms with van der Waals surface area (Å²) >= 11 is 0. The monoisotopic (exact) mass is 383 g/mol. The molecule has 2 heterocycles. The van der Waals surface area contributed by atoms with Gasteiger partial charge in [-0.3, -0.25) is 4.79 Å². The van der Waals surface area contributed by atoms with Gasteiger partial charge in [0, 0.05) is 48.7 Å². The molecule has 2 aliphatic heterocycles. The van der Waals surface area contributed by atoms with Crippen molar-refractivity contribution in [3.8, 4) is 23.0 Å². The topological polar surface area (TPSA) is 57.2 Å². The maximum Gasteiger partial charge on any atom is 0.253 e. The molecule has 6 nitrogen and oxygen atoms in total. The molecule has 2 aliphatic rings. The number of methoxy groups -OCH3 is 2. The van der Waals surface area contributed by atoms with Gasteiger partial charge in [-0.05, 0) is 30.7 Å². The molecule has 4 rings (SSSR count). The van der Waals surface area contributed by atoms with E-state index in [0.29, 0.717) is 36.8 Å². The molecule has 0 radical (unpaired) electrons. The van der Waals surface area contributed by atoms with Crippen LogP contribution in [0.4, 0.5) is 0 Å². The zero-order valence-electron chi connectivity index (χ0n) is 16.5. The van der Waals surface area contributed by atoms with Gasteiger partial charge in [0.15, 0.2) is 11.5 Å². The van der Waals surface area contributed by atoms with E-state index < -0.39 is 0 Å². The number of carbonyl (C=O) groups is 1. The van der Waals surface area contributed by atoms with Crippen LogP contribution in [0.3, 0.4) is 0 Å². The first-order valence-corrected chi connectivity index (χ1v) is 9.53. The number of fused-ring (bicyclic) bond motifs is 2. The van der Waals surface area contributed by atoms with Crippen LogP contribution in [0, 0.1) is 0 Å². The SMILES string of the molecule is COc1ccc(C(=O)N(C)CCc2c3c(cc4c2OCC4)OCC3)cc1OC. The summed E-state index contributed by atoms with van der Waals surface area (Å²) in [6.07, 6.45) is 2.55. The second-order valence-corrected chi connectivity index (χ2v) is 7.06. The Labute approximate surface area is 165 Å². The lowest BCUT2D eigenvalue weighted by molar-refractivity contribution is 0.0796. The molecule has 0 bridgehead atoms. The number of hydrogen-bond donors (Lipinski definition) is 0. The van der Waals surface area contributed by atoms with E-state index in [1.54, 1.807) is 37.3 Å². The van der Waals surface area contributed by atoms with Crippen LogP contribution >= 0.6 is 0 Å². The molecule has 0 aromatic heterocycles. The third kappa shape index (κ3) is 3.23. The standard InChI is InChI=1S/C22H25NO5/c1-23(22(24)15-4-5-18(25-2)20(13-15)26-3)9-6-17-16-8-11-27-19(16)12-14-7-10-28-21(14)17/h4-5,12-13H,6-11H2,1-3H3. The summed E-state index contributed by atoms with van der Waals surface area (Å²) in [7, 11) is 4.96. The van der Waals surface area contributed by atoms with Crippen LogP contribution in [0.2, 0.25) is 0 Å². The van der Waals surface area contributed by atoms with Crippen LogP contribution in [0.1, 0.15) is 27.0 Å². The van der Waals surface area contributed by atoms with E-state index >= 15 is 0 Å². The fourth-order valence-electron chi connectivity index (χ4n) is 3.92. The lowest BCUT2D eigenvalue weighted by atomic mass is 9.97. The Balaban J connectivity index is 1.51. The first-order valence-electron chi connectivity index (χ1n) is 9.53. The smallest absolute Gasteiger partial charge is 0.253 e. The molecule has 0 fully saturated rings. The van der Waals surface area contributed by atoms with Crippen LogP contribution in [-0.4, -0.2) is 51.8 Å². The van der Waals surface area contributed by atoms with Crippen molar-refractivity contribution < 1.29 is 23.7 Å². The molecule has 0 N–H and O–H groups in total. The lowest BCUT2D eigenvalue weighted by Gasteiger charge is -2.20. The van der Waals surface area contributed by atoms with Crippen molar-refractivity contribution in [2.75, 3.05) is 41.0 Å². The van der Waals surface area contributed by atoms with Gasteiger partial charge in [-0.25, -0.2) is 0 Å². The van der Waals surface area contributed by atoms with Crippen molar-refractivity contribution in [1.29, 1.82) is 0 Å². The van der Waals surface area contributed by atoms with Crippen molar-refractivity contribution >= 4 is 5.91 Å². The molecular formula is C22H25NO5. The summed E-state index contributed by atoms with van der Waals surface area (Å²) in [5.74, 6) is 3.08. The minimum Gasteiger partial charge on any atom is -0.493 e. The highest BCUT2D eigenvalue weighted by Crippen LogP contribution is 2.40. The second kappa shape index (κ2) is 7.62. The third-order valence-electron chi connectivity index (χ3n) is 5.43. The summed E-state index contributed by atoms with van der Waals surface area (Å²) in [4.78, 5) is 14.6. The molecule has 0 spiro atoms. The highest BCUT2D eigenvalue weighted by molar-refractivity contribution is 5.94. The molecule has 0 atom stereocenters. The number of likely N-dealkylation sites (N-methyl/N-ethyl adjacent to an activating group) is 1. The van der Waals surface area contributed by atoms with Gasteiger partial charge in [0.1, 0.15) is 11.5 Å². The maximum atomic E-state index is 12.9. The summed E-state index contributed by atoms with van der Waals surface area (Å²) in [6.45, 7) is 2.02. The van der Waals surface area contributed by atoms with Crippen molar-refractivity contribution in [3.05, 3.63) is 46.5 Å². The van der Waals surface area contributed by atoms with E-state index in [-0.39, 0.29) is 5.91 Å². The Morgan fingerprint density at radius 3 is 2.64 bits per heavy atom. The summed E-state index contributed by atoms with van der Waals surface area (Å²) in [5, 5.41) is 0. The quantitative estimate of drug-likeness (QED) is 0.768. The number of benzene rings is 2. The van der Waals surface area contributed by atoms with Crippen molar-refractivity contribution in [3.63, 3.8) is 0 Å². The number of amides is 1. The molecule has 148 valence electrons. The van der Waals surface area contributed by atoms with Gasteiger partial charge in [0.2, 0.25) is 0 Å². The maximum absolute atomic E-state index is 12.9. The minimum absolute atomic E-state index is 0.0534. The van der Waals surface area contributed by atoms with Gasteiger partial charge < -0.3 is 23.8 Å². The zero-order valence-corrected chi connectivity index (χ0v) is 16.5. The molecule has 0 saturated heterocycles. The van der Waals surface area contributed by atoms with E-state index in [4.69, 9.17) is 18.9 Å². The molecule has 1 amide bonds. The molecular weight excluding hydrogens is 358 g/mol. The Bertz CT molecular complexity index is 876. The summed E-state index contributed by atoms with van der Waals surface area (Å²) < 4.78 is 22.2. The number of nitrogens with zero attached hydrogens (tertiary/aromatic N) is 1. The lowest BCUT2D eigenvalue weighted by Crippen LogP contribution is -2.29. The molecule has 0 saturated carbocycles. The van der Waals surface area contributed by atoms with Gasteiger partial charge in [0.05, 0.1) is 27.4 Å². The second-order valence-electron chi connectivity index (χ2n) is 7.06. The molecule has 6 heteroatoms. The number of hydrogen-bond acceptors (Lipinski definition) is 5. The first kappa shape index (κ1) is 18.5. The Morgan fingerprint density at radius 1 is 1.07 bits per heavy atom. The number of ether oxygens (including phenoxy) is 4. The summed E-state index contributed by atoms with van der Waals surface area (Å²) in [5.41, 5.74) is 4.20. The molecule has 2 aromatic carbocycles. The molecule has 28 heavy (non-hydrogen) atoms. The first-order chi connectivity index (χ1) is 13.6.